The van der Waals surface area contributed by atoms with Crippen LogP contribution in [0.5, 0.6) is 0 Å². The molecule has 0 aliphatic rings. The molecular formula is C10H15F3N4O3S. The first-order valence-electron chi connectivity index (χ1n) is 5.91. The fourth-order valence-electron chi connectivity index (χ4n) is 1.80. The van der Waals surface area contributed by atoms with Crippen LogP contribution in [0.1, 0.15) is 29.5 Å². The third-order valence-electron chi connectivity index (χ3n) is 2.53. The predicted octanol–water partition coefficient (Wildman–Crippen LogP) is 0.780. The van der Waals surface area contributed by atoms with E-state index in [1.165, 1.54) is 6.92 Å². The minimum absolute atomic E-state index is 0.00990. The molecule has 1 aromatic heterocycles. The van der Waals surface area contributed by atoms with E-state index in [4.69, 9.17) is 5.14 Å². The van der Waals surface area contributed by atoms with Crippen molar-refractivity contribution in [1.82, 2.24) is 15.1 Å². The van der Waals surface area contributed by atoms with Crippen molar-refractivity contribution in [1.29, 1.82) is 0 Å². The lowest BCUT2D eigenvalue weighted by Gasteiger charge is -2.22. The number of aromatic amines is 1. The number of nitrogens with one attached hydrogen (secondary N) is 1. The Labute approximate surface area is 119 Å². The van der Waals surface area contributed by atoms with Crippen LogP contribution >= 0.6 is 0 Å². The molecule has 0 radical (unpaired) electrons. The number of H-pyrrole nitrogens is 1. The summed E-state index contributed by atoms with van der Waals surface area (Å²) in [5.41, 5.74) is -0.642. The number of carbonyl (C=O) groups excluding carboxylic acids is 1. The van der Waals surface area contributed by atoms with Crippen molar-refractivity contribution >= 4 is 15.9 Å². The van der Waals surface area contributed by atoms with Crippen molar-refractivity contribution in [3.8, 4) is 0 Å². The SMILES string of the molecule is CCCN(CC(F)(F)F)C(=O)c1n[nH]c(C)c1S(N)(=O)=O. The molecule has 1 heterocycles. The van der Waals surface area contributed by atoms with E-state index < -0.39 is 39.2 Å². The third kappa shape index (κ3) is 4.43. The molecule has 1 rings (SSSR count). The highest BCUT2D eigenvalue weighted by atomic mass is 32.2. The van der Waals surface area contributed by atoms with Crippen LogP contribution in [-0.2, 0) is 10.0 Å². The molecule has 0 saturated carbocycles. The minimum atomic E-state index is -4.60. The molecule has 1 aromatic rings. The van der Waals surface area contributed by atoms with Crippen LogP contribution in [-0.4, -0.2) is 48.7 Å². The number of rotatable bonds is 5. The van der Waals surface area contributed by atoms with E-state index in [9.17, 15) is 26.4 Å². The lowest BCUT2D eigenvalue weighted by Crippen LogP contribution is -2.40. The fourth-order valence-corrected chi connectivity index (χ4v) is 2.68. The molecule has 0 fully saturated rings. The zero-order valence-electron chi connectivity index (χ0n) is 11.4. The summed E-state index contributed by atoms with van der Waals surface area (Å²) >= 11 is 0. The van der Waals surface area contributed by atoms with Gasteiger partial charge in [0.1, 0.15) is 11.4 Å². The summed E-state index contributed by atoms with van der Waals surface area (Å²) in [6.07, 6.45) is -4.33. The maximum absolute atomic E-state index is 12.5. The van der Waals surface area contributed by atoms with Gasteiger partial charge in [-0.3, -0.25) is 9.89 Å². The van der Waals surface area contributed by atoms with E-state index >= 15 is 0 Å². The fraction of sp³-hybridized carbons (Fsp3) is 0.600. The van der Waals surface area contributed by atoms with Crippen molar-refractivity contribution in [2.45, 2.75) is 31.3 Å². The van der Waals surface area contributed by atoms with Gasteiger partial charge in [0.15, 0.2) is 5.69 Å². The van der Waals surface area contributed by atoms with Crippen molar-refractivity contribution in [2.24, 2.45) is 5.14 Å². The van der Waals surface area contributed by atoms with Gasteiger partial charge in [-0.2, -0.15) is 18.3 Å². The summed E-state index contributed by atoms with van der Waals surface area (Å²) < 4.78 is 60.3. The first-order chi connectivity index (χ1) is 9.47. The highest BCUT2D eigenvalue weighted by Gasteiger charge is 2.36. The van der Waals surface area contributed by atoms with Crippen molar-refractivity contribution in [3.05, 3.63) is 11.4 Å². The summed E-state index contributed by atoms with van der Waals surface area (Å²) in [6, 6.07) is 0. The Balaban J connectivity index is 3.23. The van der Waals surface area contributed by atoms with Crippen LogP contribution in [0.15, 0.2) is 4.90 Å². The lowest BCUT2D eigenvalue weighted by molar-refractivity contribution is -0.140. The van der Waals surface area contributed by atoms with E-state index in [2.05, 4.69) is 10.2 Å². The number of alkyl halides is 3. The summed E-state index contributed by atoms with van der Waals surface area (Å²) in [4.78, 5) is 12.0. The number of carbonyl (C=O) groups is 1. The number of sulfonamides is 1. The zero-order valence-corrected chi connectivity index (χ0v) is 12.2. The quantitative estimate of drug-likeness (QED) is 0.832. The average Bonchev–Trinajstić information content (AvgIpc) is 2.67. The van der Waals surface area contributed by atoms with Gasteiger partial charge >= 0.3 is 6.18 Å². The zero-order chi connectivity index (χ0) is 16.4. The number of aryl methyl sites for hydroxylation is 1. The summed E-state index contributed by atoms with van der Waals surface area (Å²) in [5, 5.41) is 10.7. The normalized spacial score (nSPS) is 12.5. The first kappa shape index (κ1) is 17.4. The van der Waals surface area contributed by atoms with E-state index in [1.54, 1.807) is 6.92 Å². The van der Waals surface area contributed by atoms with Crippen LogP contribution in [0.4, 0.5) is 13.2 Å². The van der Waals surface area contributed by atoms with Gasteiger partial charge in [-0.1, -0.05) is 6.92 Å². The molecule has 0 aromatic carbocycles. The van der Waals surface area contributed by atoms with Gasteiger partial charge in [0.25, 0.3) is 5.91 Å². The minimum Gasteiger partial charge on any atom is -0.328 e. The van der Waals surface area contributed by atoms with Gasteiger partial charge in [0, 0.05) is 6.54 Å². The predicted molar refractivity (Wildman–Crippen MR) is 66.9 cm³/mol. The second-order valence-corrected chi connectivity index (χ2v) is 5.91. The Kier molecular flexibility index (Phi) is 4.99. The van der Waals surface area contributed by atoms with Crippen LogP contribution in [0.3, 0.4) is 0 Å². The molecular weight excluding hydrogens is 313 g/mol. The molecule has 0 saturated heterocycles. The summed E-state index contributed by atoms with van der Waals surface area (Å²) in [6.45, 7) is 1.22. The molecule has 0 atom stereocenters. The van der Waals surface area contributed by atoms with Gasteiger partial charge in [-0.05, 0) is 13.3 Å². The Hall–Kier alpha value is -1.62. The number of nitrogens with zero attached hydrogens (tertiary/aromatic N) is 2. The summed E-state index contributed by atoms with van der Waals surface area (Å²) in [7, 11) is -4.28. The monoisotopic (exact) mass is 328 g/mol. The molecule has 0 spiro atoms. The topological polar surface area (TPSA) is 109 Å². The Bertz CT molecular complexity index is 624. The van der Waals surface area contributed by atoms with Crippen molar-refractivity contribution in [3.63, 3.8) is 0 Å². The largest absolute Gasteiger partial charge is 0.406 e. The first-order valence-corrected chi connectivity index (χ1v) is 7.45. The lowest BCUT2D eigenvalue weighted by atomic mass is 10.3. The molecule has 0 unspecified atom stereocenters. The molecule has 7 nitrogen and oxygen atoms in total. The molecule has 0 aliphatic heterocycles. The molecule has 21 heavy (non-hydrogen) atoms. The molecule has 0 bridgehead atoms. The van der Waals surface area contributed by atoms with Crippen LogP contribution in [0.2, 0.25) is 0 Å². The van der Waals surface area contributed by atoms with Crippen LogP contribution < -0.4 is 5.14 Å². The highest BCUT2D eigenvalue weighted by molar-refractivity contribution is 7.89. The van der Waals surface area contributed by atoms with Gasteiger partial charge in [-0.15, -0.1) is 0 Å². The molecule has 3 N–H and O–H groups in total. The smallest absolute Gasteiger partial charge is 0.328 e. The molecule has 0 aliphatic carbocycles. The number of aromatic nitrogens is 2. The van der Waals surface area contributed by atoms with E-state index in [0.29, 0.717) is 4.90 Å². The molecule has 120 valence electrons. The molecule has 11 heteroatoms. The van der Waals surface area contributed by atoms with E-state index in [1.807, 2.05) is 0 Å². The Morgan fingerprint density at radius 1 is 1.43 bits per heavy atom. The Morgan fingerprint density at radius 3 is 2.43 bits per heavy atom. The highest BCUT2D eigenvalue weighted by Crippen LogP contribution is 2.21. The third-order valence-corrected chi connectivity index (χ3v) is 3.60. The van der Waals surface area contributed by atoms with Crippen LogP contribution in [0.25, 0.3) is 0 Å². The Morgan fingerprint density at radius 2 is 2.00 bits per heavy atom. The maximum Gasteiger partial charge on any atom is 0.406 e. The number of hydrogen-bond acceptors (Lipinski definition) is 4. The van der Waals surface area contributed by atoms with E-state index in [0.717, 1.165) is 0 Å². The average molecular weight is 328 g/mol. The second-order valence-electron chi connectivity index (χ2n) is 4.41. The standard InChI is InChI=1S/C10H15F3N4O3S/c1-3-4-17(5-10(11,12)13)9(18)7-8(21(14,19)20)6(2)15-16-7/h3-5H2,1-2H3,(H,15,16)(H2,14,19,20). The number of primary sulfonamides is 1. The van der Waals surface area contributed by atoms with Crippen molar-refractivity contribution < 1.29 is 26.4 Å². The second kappa shape index (κ2) is 6.02. The van der Waals surface area contributed by atoms with Gasteiger partial charge in [0.05, 0.1) is 5.69 Å². The van der Waals surface area contributed by atoms with Gasteiger partial charge in [-0.25, -0.2) is 13.6 Å². The number of amides is 1. The maximum atomic E-state index is 12.5. The molecule has 1 amide bonds. The number of hydrogen-bond donors (Lipinski definition) is 2. The van der Waals surface area contributed by atoms with Crippen molar-refractivity contribution in [2.75, 3.05) is 13.1 Å². The number of halogens is 3. The van der Waals surface area contributed by atoms with Gasteiger partial charge < -0.3 is 4.90 Å². The van der Waals surface area contributed by atoms with Crippen LogP contribution in [0, 0.1) is 6.92 Å². The number of nitrogens with two attached hydrogens (primary N) is 1. The van der Waals surface area contributed by atoms with E-state index in [-0.39, 0.29) is 18.7 Å². The van der Waals surface area contributed by atoms with Gasteiger partial charge in [0.2, 0.25) is 10.0 Å². The summed E-state index contributed by atoms with van der Waals surface area (Å²) in [5.74, 6) is -1.14.